The number of carbonyl (C=O) groups is 1. The van der Waals surface area contributed by atoms with E-state index >= 15 is 0 Å². The lowest BCUT2D eigenvalue weighted by molar-refractivity contribution is 0.0367. The summed E-state index contributed by atoms with van der Waals surface area (Å²) in [6.45, 7) is 6.32. The van der Waals surface area contributed by atoms with Crippen LogP contribution in [0.15, 0.2) is 24.3 Å². The Morgan fingerprint density at radius 1 is 1.28 bits per heavy atom. The molecule has 0 bridgehead atoms. The third-order valence-electron chi connectivity index (χ3n) is 5.14. The zero-order chi connectivity index (χ0) is 22.0. The molecule has 0 aliphatic carbocycles. The van der Waals surface area contributed by atoms with Gasteiger partial charge in [0, 0.05) is 27.8 Å². The fourth-order valence-corrected chi connectivity index (χ4v) is 7.83. The van der Waals surface area contributed by atoms with Crippen LogP contribution in [0.3, 0.4) is 0 Å². The van der Waals surface area contributed by atoms with Gasteiger partial charge in [-0.05, 0) is 12.1 Å². The Balaban J connectivity index is 2.57. The monoisotopic (exact) mass is 439 g/mol. The zero-order valence-corrected chi connectivity index (χ0v) is 19.6. The molecule has 29 heavy (non-hydrogen) atoms. The average molecular weight is 440 g/mol. The smallest absolute Gasteiger partial charge is 0.415 e. The molecule has 1 aliphatic heterocycles. The van der Waals surface area contributed by atoms with E-state index in [9.17, 15) is 18.5 Å². The SMILES string of the molecule is COC(=O)N1c2ccccc2[C@H](OC)[C@@H](N(C)S(=O)(=O)CC[Si](C)(C)C)[C@@H]1C#N. The van der Waals surface area contributed by atoms with E-state index in [4.69, 9.17) is 9.47 Å². The molecule has 1 aliphatic rings. The van der Waals surface area contributed by atoms with Gasteiger partial charge < -0.3 is 9.47 Å². The van der Waals surface area contributed by atoms with Crippen LogP contribution in [0.2, 0.25) is 25.7 Å². The molecule has 0 unspecified atom stereocenters. The third-order valence-corrected chi connectivity index (χ3v) is 9.09. The van der Waals surface area contributed by atoms with Crippen LogP contribution in [0, 0.1) is 11.3 Å². The Labute approximate surface area is 174 Å². The molecule has 0 fully saturated rings. The zero-order valence-electron chi connectivity index (χ0n) is 17.7. The van der Waals surface area contributed by atoms with Crippen LogP contribution in [-0.4, -0.2) is 66.0 Å². The number of para-hydroxylation sites is 1. The maximum Gasteiger partial charge on any atom is 0.415 e. The van der Waals surface area contributed by atoms with Crippen LogP contribution in [0.4, 0.5) is 10.5 Å². The first-order chi connectivity index (χ1) is 13.5. The highest BCUT2D eigenvalue weighted by molar-refractivity contribution is 7.89. The molecule has 0 aromatic heterocycles. The van der Waals surface area contributed by atoms with Crippen molar-refractivity contribution in [3.63, 3.8) is 0 Å². The lowest BCUT2D eigenvalue weighted by Gasteiger charge is -2.45. The van der Waals surface area contributed by atoms with E-state index in [1.807, 2.05) is 0 Å². The molecule has 3 atom stereocenters. The van der Waals surface area contributed by atoms with Crippen molar-refractivity contribution < 1.29 is 22.7 Å². The van der Waals surface area contributed by atoms with Crippen molar-refractivity contribution >= 4 is 29.9 Å². The van der Waals surface area contributed by atoms with Crippen molar-refractivity contribution in [2.24, 2.45) is 0 Å². The molecule has 0 saturated heterocycles. The topological polar surface area (TPSA) is 99.9 Å². The molecular formula is C19H29N3O5SSi. The van der Waals surface area contributed by atoms with Gasteiger partial charge in [0.1, 0.15) is 12.1 Å². The number of amides is 1. The number of carbonyl (C=O) groups excluding carboxylic acids is 1. The predicted molar refractivity (Wildman–Crippen MR) is 114 cm³/mol. The van der Waals surface area contributed by atoms with Crippen LogP contribution >= 0.6 is 0 Å². The van der Waals surface area contributed by atoms with Gasteiger partial charge >= 0.3 is 6.09 Å². The van der Waals surface area contributed by atoms with Crippen molar-refractivity contribution in [3.05, 3.63) is 29.8 Å². The van der Waals surface area contributed by atoms with Crippen LogP contribution in [0.1, 0.15) is 11.7 Å². The fraction of sp³-hybridized carbons (Fsp3) is 0.579. The lowest BCUT2D eigenvalue weighted by atomic mass is 9.89. The first kappa shape index (κ1) is 23.3. The van der Waals surface area contributed by atoms with Gasteiger partial charge in [-0.1, -0.05) is 37.8 Å². The summed E-state index contributed by atoms with van der Waals surface area (Å²) >= 11 is 0. The number of hydrogen-bond donors (Lipinski definition) is 0. The Bertz CT molecular complexity index is 894. The molecule has 2 rings (SSSR count). The van der Waals surface area contributed by atoms with Crippen molar-refractivity contribution in [3.8, 4) is 6.07 Å². The second-order valence-electron chi connectivity index (χ2n) is 8.26. The molecule has 0 spiro atoms. The molecule has 1 heterocycles. The minimum absolute atomic E-state index is 0.00975. The van der Waals surface area contributed by atoms with Crippen molar-refractivity contribution in [2.75, 3.05) is 31.9 Å². The number of fused-ring (bicyclic) bond motifs is 1. The number of benzene rings is 1. The lowest BCUT2D eigenvalue weighted by Crippen LogP contribution is -2.59. The van der Waals surface area contributed by atoms with Gasteiger partial charge in [0.15, 0.2) is 0 Å². The molecule has 1 amide bonds. The molecule has 10 heteroatoms. The van der Waals surface area contributed by atoms with Crippen LogP contribution in [0.25, 0.3) is 0 Å². The third kappa shape index (κ3) is 4.80. The number of sulfonamides is 1. The van der Waals surface area contributed by atoms with Gasteiger partial charge in [-0.3, -0.25) is 4.90 Å². The highest BCUT2D eigenvalue weighted by atomic mass is 32.2. The average Bonchev–Trinajstić information content (AvgIpc) is 2.68. The van der Waals surface area contributed by atoms with Gasteiger partial charge in [-0.25, -0.2) is 13.2 Å². The van der Waals surface area contributed by atoms with E-state index in [0.29, 0.717) is 17.3 Å². The van der Waals surface area contributed by atoms with Gasteiger partial charge in [0.05, 0.1) is 30.7 Å². The molecule has 160 valence electrons. The molecule has 0 radical (unpaired) electrons. The predicted octanol–water partition coefficient (Wildman–Crippen LogP) is 2.82. The Morgan fingerprint density at radius 3 is 2.41 bits per heavy atom. The minimum atomic E-state index is -3.68. The maximum atomic E-state index is 13.1. The number of nitriles is 1. The van der Waals surface area contributed by atoms with Crippen LogP contribution in [-0.2, 0) is 19.5 Å². The number of anilines is 1. The van der Waals surface area contributed by atoms with Gasteiger partial charge in [-0.15, -0.1) is 0 Å². The van der Waals surface area contributed by atoms with E-state index in [2.05, 4.69) is 25.7 Å². The number of ether oxygens (including phenoxy) is 2. The second-order valence-corrected chi connectivity index (χ2v) is 16.0. The summed E-state index contributed by atoms with van der Waals surface area (Å²) in [5, 5.41) is 9.92. The van der Waals surface area contributed by atoms with Crippen molar-refractivity contribution in [2.45, 2.75) is 43.9 Å². The first-order valence-corrected chi connectivity index (χ1v) is 14.6. The Hall–Kier alpha value is -1.93. The largest absolute Gasteiger partial charge is 0.452 e. The minimum Gasteiger partial charge on any atom is -0.452 e. The summed E-state index contributed by atoms with van der Waals surface area (Å²) < 4.78 is 38.0. The standard InChI is InChI=1S/C19H29N3O5SSi/c1-21(28(24,25)11-12-29(4,5)6)17-16(13-20)22(19(23)27-3)15-10-8-7-9-14(15)18(17)26-2/h7-10,16-18H,11-12H2,1-6H3/t16-,17-,18-/m0/s1. The Kier molecular flexibility index (Phi) is 7.11. The molecular weight excluding hydrogens is 410 g/mol. The highest BCUT2D eigenvalue weighted by Crippen LogP contribution is 2.41. The van der Waals surface area contributed by atoms with Gasteiger partial charge in [0.2, 0.25) is 10.0 Å². The van der Waals surface area contributed by atoms with E-state index < -0.39 is 42.4 Å². The van der Waals surface area contributed by atoms with Crippen molar-refractivity contribution in [1.82, 2.24) is 4.31 Å². The number of methoxy groups -OCH3 is 2. The molecule has 8 nitrogen and oxygen atoms in total. The maximum absolute atomic E-state index is 13.1. The van der Waals surface area contributed by atoms with Gasteiger partial charge in [-0.2, -0.15) is 9.57 Å². The number of nitrogens with zero attached hydrogens (tertiary/aromatic N) is 3. The number of hydrogen-bond acceptors (Lipinski definition) is 6. The quantitative estimate of drug-likeness (QED) is 0.632. The van der Waals surface area contributed by atoms with E-state index in [1.54, 1.807) is 24.3 Å². The van der Waals surface area contributed by atoms with E-state index in [1.165, 1.54) is 30.5 Å². The molecule has 0 N–H and O–H groups in total. The molecule has 1 aromatic carbocycles. The van der Waals surface area contributed by atoms with E-state index in [-0.39, 0.29) is 5.75 Å². The fourth-order valence-electron chi connectivity index (χ4n) is 3.46. The molecule has 1 aromatic rings. The summed E-state index contributed by atoms with van der Waals surface area (Å²) in [7, 11) is -1.13. The van der Waals surface area contributed by atoms with E-state index in [0.717, 1.165) is 0 Å². The first-order valence-electron chi connectivity index (χ1n) is 9.32. The highest BCUT2D eigenvalue weighted by Gasteiger charge is 2.49. The number of rotatable bonds is 6. The Morgan fingerprint density at radius 2 is 1.90 bits per heavy atom. The molecule has 0 saturated carbocycles. The number of likely N-dealkylation sites (N-methyl/N-ethyl adjacent to an activating group) is 1. The second kappa shape index (κ2) is 8.83. The summed E-state index contributed by atoms with van der Waals surface area (Å²) in [5.41, 5.74) is 1.10. The van der Waals surface area contributed by atoms with Crippen LogP contribution in [0.5, 0.6) is 0 Å². The van der Waals surface area contributed by atoms with Crippen LogP contribution < -0.4 is 4.90 Å². The van der Waals surface area contributed by atoms with Crippen molar-refractivity contribution in [1.29, 1.82) is 5.26 Å². The summed E-state index contributed by atoms with van der Waals surface area (Å²) in [5.74, 6) is -0.00975. The summed E-state index contributed by atoms with van der Waals surface area (Å²) in [6, 6.07) is 7.66. The summed E-state index contributed by atoms with van der Waals surface area (Å²) in [6.07, 6.45) is -1.43. The summed E-state index contributed by atoms with van der Waals surface area (Å²) in [4.78, 5) is 13.7. The van der Waals surface area contributed by atoms with Gasteiger partial charge in [0.25, 0.3) is 0 Å². The normalized spacial score (nSPS) is 22.1.